The monoisotopic (exact) mass is 309 g/mol. The number of hydrogen-bond donors (Lipinski definition) is 0. The maximum absolute atomic E-state index is 13.2. The normalized spacial score (nSPS) is 12.9. The first-order valence-corrected chi connectivity index (χ1v) is 7.22. The predicted octanol–water partition coefficient (Wildman–Crippen LogP) is 6.17. The van der Waals surface area contributed by atoms with E-state index in [-0.39, 0.29) is 18.3 Å². The molecular weight excluding hydrogens is 293 g/mol. The van der Waals surface area contributed by atoms with Gasteiger partial charge in [0, 0.05) is 23.9 Å². The Morgan fingerprint density at radius 2 is 1.79 bits per heavy atom. The lowest BCUT2D eigenvalue weighted by molar-refractivity contribution is -0.0867. The first-order chi connectivity index (χ1) is 8.34. The number of rotatable bonds is 2. The van der Waals surface area contributed by atoms with Crippen molar-refractivity contribution in [2.45, 2.75) is 38.6 Å². The zero-order valence-electron chi connectivity index (χ0n) is 11.0. The lowest BCUT2D eigenvalue weighted by atomic mass is 10.0. The molecule has 0 aliphatic heterocycles. The van der Waals surface area contributed by atoms with Crippen molar-refractivity contribution >= 4 is 33.0 Å². The molecule has 2 rings (SSSR count). The molecule has 0 bridgehead atoms. The molecule has 0 aliphatic carbocycles. The number of alkyl halides is 3. The van der Waals surface area contributed by atoms with Gasteiger partial charge in [0.15, 0.2) is 9.58 Å². The van der Waals surface area contributed by atoms with E-state index in [2.05, 4.69) is 0 Å². The van der Waals surface area contributed by atoms with Crippen LogP contribution >= 0.6 is 22.9 Å². The fourth-order valence-electron chi connectivity index (χ4n) is 2.10. The molecule has 5 heteroatoms. The van der Waals surface area contributed by atoms with Crippen LogP contribution in [0.25, 0.3) is 10.1 Å². The molecule has 1 aromatic heterocycles. The number of benzene rings is 1. The fourth-order valence-corrected chi connectivity index (χ4v) is 4.08. The van der Waals surface area contributed by atoms with Crippen molar-refractivity contribution in [3.8, 4) is 0 Å². The van der Waals surface area contributed by atoms with E-state index < -0.39 is 16.0 Å². The SMILES string of the molecule is CCc1cc2ccc(C(C)C)cc2[s+]1C(F)(F)F.Cl. The third-order valence-electron chi connectivity index (χ3n) is 3.08. The topological polar surface area (TPSA) is 0 Å². The van der Waals surface area contributed by atoms with Gasteiger partial charge in [0.05, 0.1) is 10.5 Å². The highest BCUT2D eigenvalue weighted by Gasteiger charge is 2.47. The molecule has 0 radical (unpaired) electrons. The maximum Gasteiger partial charge on any atom is 0.600 e. The van der Waals surface area contributed by atoms with Crippen molar-refractivity contribution in [3.05, 3.63) is 34.7 Å². The number of thiophene rings is 1. The minimum absolute atomic E-state index is 0. The summed E-state index contributed by atoms with van der Waals surface area (Å²) in [7, 11) is -1.72. The van der Waals surface area contributed by atoms with E-state index >= 15 is 0 Å². The zero-order valence-corrected chi connectivity index (χ0v) is 12.7. The number of hydrogen-bond acceptors (Lipinski definition) is 0. The summed E-state index contributed by atoms with van der Waals surface area (Å²) in [5.74, 6) is 0.250. The van der Waals surface area contributed by atoms with Crippen molar-refractivity contribution in [2.24, 2.45) is 0 Å². The predicted molar refractivity (Wildman–Crippen MR) is 78.4 cm³/mol. The van der Waals surface area contributed by atoms with Gasteiger partial charge in [-0.05, 0) is 17.5 Å². The Morgan fingerprint density at radius 1 is 1.16 bits per heavy atom. The number of aryl methyl sites for hydroxylation is 1. The quantitative estimate of drug-likeness (QED) is 0.582. The summed E-state index contributed by atoms with van der Waals surface area (Å²) in [5.41, 5.74) is -3.19. The summed E-state index contributed by atoms with van der Waals surface area (Å²) in [6.45, 7) is 5.78. The summed E-state index contributed by atoms with van der Waals surface area (Å²) in [6.07, 6.45) is 0.453. The third kappa shape index (κ3) is 3.06. The van der Waals surface area contributed by atoms with Crippen LogP contribution in [-0.2, 0) is 11.9 Å². The molecule has 0 amide bonds. The summed E-state index contributed by atoms with van der Waals surface area (Å²) in [6, 6.07) is 7.18. The molecule has 19 heavy (non-hydrogen) atoms. The maximum atomic E-state index is 13.2. The van der Waals surface area contributed by atoms with Crippen molar-refractivity contribution in [1.29, 1.82) is 0 Å². The van der Waals surface area contributed by atoms with Crippen LogP contribution in [0.5, 0.6) is 0 Å². The van der Waals surface area contributed by atoms with Gasteiger partial charge in [-0.2, -0.15) is 0 Å². The van der Waals surface area contributed by atoms with Gasteiger partial charge in [0.25, 0.3) is 0 Å². The van der Waals surface area contributed by atoms with Crippen LogP contribution in [0.15, 0.2) is 24.3 Å². The Hall–Kier alpha value is -0.740. The molecule has 0 aliphatic rings. The first kappa shape index (κ1) is 16.3. The van der Waals surface area contributed by atoms with Crippen molar-refractivity contribution < 1.29 is 13.2 Å². The standard InChI is InChI=1S/C14H16F3S.ClH/c1-4-12-7-11-6-5-10(9(2)3)8-13(11)18(12)14(15,16)17;/h5-9H,4H2,1-3H3;1H/q+1;. The average molecular weight is 310 g/mol. The minimum atomic E-state index is -4.16. The third-order valence-corrected chi connectivity index (χ3v) is 5.27. The van der Waals surface area contributed by atoms with Crippen LogP contribution in [0.1, 0.15) is 37.1 Å². The summed E-state index contributed by atoms with van der Waals surface area (Å²) in [4.78, 5) is 0.499. The lowest BCUT2D eigenvalue weighted by Crippen LogP contribution is -1.97. The Kier molecular flexibility index (Phi) is 4.91. The Balaban J connectivity index is 0.00000180. The molecule has 0 saturated heterocycles. The molecule has 0 saturated carbocycles. The Morgan fingerprint density at radius 3 is 2.26 bits per heavy atom. The van der Waals surface area contributed by atoms with Gasteiger partial charge in [-0.1, -0.05) is 26.8 Å². The Bertz CT molecular complexity index is 570. The van der Waals surface area contributed by atoms with E-state index in [0.717, 1.165) is 10.9 Å². The summed E-state index contributed by atoms with van der Waals surface area (Å²) < 4.78 is 40.0. The van der Waals surface area contributed by atoms with Gasteiger partial charge >= 0.3 is 5.51 Å². The molecule has 0 N–H and O–H groups in total. The molecular formula is C14H17ClF3S+. The fraction of sp³-hybridized carbons (Fsp3) is 0.429. The van der Waals surface area contributed by atoms with E-state index in [1.165, 1.54) is 0 Å². The second kappa shape index (κ2) is 5.71. The van der Waals surface area contributed by atoms with E-state index in [9.17, 15) is 13.2 Å². The van der Waals surface area contributed by atoms with E-state index in [1.54, 1.807) is 19.1 Å². The molecule has 0 nitrogen and oxygen atoms in total. The van der Waals surface area contributed by atoms with Gasteiger partial charge in [-0.3, -0.25) is 0 Å². The molecule has 1 atom stereocenters. The van der Waals surface area contributed by atoms with Gasteiger partial charge in [0.2, 0.25) is 0 Å². The van der Waals surface area contributed by atoms with Crippen molar-refractivity contribution in [2.75, 3.05) is 0 Å². The lowest BCUT2D eigenvalue weighted by Gasteiger charge is -2.04. The molecule has 0 fully saturated rings. The van der Waals surface area contributed by atoms with Gasteiger partial charge in [0.1, 0.15) is 0 Å². The van der Waals surface area contributed by atoms with Crippen LogP contribution in [-0.4, -0.2) is 0 Å². The second-order valence-electron chi connectivity index (χ2n) is 4.67. The van der Waals surface area contributed by atoms with Crippen molar-refractivity contribution in [3.63, 3.8) is 0 Å². The highest BCUT2D eigenvalue weighted by atomic mass is 35.5. The summed E-state index contributed by atoms with van der Waals surface area (Å²) in [5, 5.41) is 0.733. The number of fused-ring (bicyclic) bond motifs is 1. The molecule has 1 unspecified atom stereocenters. The van der Waals surface area contributed by atoms with Gasteiger partial charge in [-0.15, -0.1) is 25.6 Å². The first-order valence-electron chi connectivity index (χ1n) is 6.00. The minimum Gasteiger partial charge on any atom is -0.147 e. The van der Waals surface area contributed by atoms with Crippen LogP contribution in [0.2, 0.25) is 0 Å². The highest BCUT2D eigenvalue weighted by molar-refractivity contribution is 7.38. The van der Waals surface area contributed by atoms with E-state index in [0.29, 0.717) is 16.0 Å². The molecule has 2 aromatic rings. The zero-order chi connectivity index (χ0) is 13.5. The van der Waals surface area contributed by atoms with Gasteiger partial charge in [-0.25, -0.2) is 0 Å². The van der Waals surface area contributed by atoms with Gasteiger partial charge < -0.3 is 0 Å². The average Bonchev–Trinajstić information content (AvgIpc) is 2.65. The Labute approximate surface area is 120 Å². The highest BCUT2D eigenvalue weighted by Crippen LogP contribution is 2.51. The largest absolute Gasteiger partial charge is 0.600 e. The van der Waals surface area contributed by atoms with Crippen LogP contribution < -0.4 is 0 Å². The van der Waals surface area contributed by atoms with E-state index in [1.807, 2.05) is 26.0 Å². The van der Waals surface area contributed by atoms with Crippen LogP contribution in [0.3, 0.4) is 0 Å². The molecule has 106 valence electrons. The number of halogens is 4. The summed E-state index contributed by atoms with van der Waals surface area (Å²) >= 11 is 0. The van der Waals surface area contributed by atoms with Crippen LogP contribution in [0, 0.1) is 0 Å². The van der Waals surface area contributed by atoms with Crippen LogP contribution in [0.4, 0.5) is 13.2 Å². The van der Waals surface area contributed by atoms with E-state index in [4.69, 9.17) is 0 Å². The molecule has 1 heterocycles. The molecule has 1 aromatic carbocycles. The smallest absolute Gasteiger partial charge is 0.147 e. The second-order valence-corrected chi connectivity index (χ2v) is 6.71. The molecule has 0 spiro atoms. The van der Waals surface area contributed by atoms with Crippen molar-refractivity contribution in [1.82, 2.24) is 0 Å².